The maximum atomic E-state index is 11.5. The van der Waals surface area contributed by atoms with Gasteiger partial charge in [0.15, 0.2) is 5.78 Å². The van der Waals surface area contributed by atoms with Crippen LogP contribution in [-0.4, -0.2) is 71.1 Å². The smallest absolute Gasteiger partial charge is 0.222 e. The molecule has 0 fully saturated rings. The van der Waals surface area contributed by atoms with Gasteiger partial charge in [0.05, 0.1) is 39.6 Å². The molecule has 0 aromatic heterocycles. The fourth-order valence-corrected chi connectivity index (χ4v) is 1.44. The lowest BCUT2D eigenvalue weighted by atomic mass is 10.1. The Bertz CT molecular complexity index is 316. The molecule has 0 unspecified atom stereocenters. The van der Waals surface area contributed by atoms with Crippen molar-refractivity contribution in [2.24, 2.45) is 5.92 Å². The Balaban J connectivity index is -0.00000170. The van der Waals surface area contributed by atoms with Crippen LogP contribution < -0.4 is 5.32 Å². The first kappa shape index (κ1) is 26.2. The molecule has 0 aliphatic carbocycles. The van der Waals surface area contributed by atoms with Crippen LogP contribution in [0.5, 0.6) is 0 Å². The summed E-state index contributed by atoms with van der Waals surface area (Å²) < 4.78 is 20.9. The number of hydrogen-bond acceptors (Lipinski definition) is 6. The third-order valence-corrected chi connectivity index (χ3v) is 2.88. The number of rotatable bonds is 16. The fourth-order valence-electron chi connectivity index (χ4n) is 1.44. The minimum atomic E-state index is -0.0659. The number of nitrogens with one attached hydrogen (secondary N) is 1. The second-order valence-electron chi connectivity index (χ2n) is 5.20. The van der Waals surface area contributed by atoms with Crippen LogP contribution in [0.3, 0.4) is 0 Å². The quantitative estimate of drug-likeness (QED) is 0.422. The highest BCUT2D eigenvalue weighted by atomic mass is 16.5. The molecule has 0 saturated heterocycles. The van der Waals surface area contributed by atoms with E-state index in [1.165, 1.54) is 0 Å². The summed E-state index contributed by atoms with van der Waals surface area (Å²) in [5.74, 6) is 0.0128. The Kier molecular flexibility index (Phi) is 22.0. The predicted octanol–water partition coefficient (Wildman–Crippen LogP) is 2.08. The van der Waals surface area contributed by atoms with Gasteiger partial charge in [0, 0.05) is 26.9 Å². The SMILES string of the molecule is CC.CCOCCOCCC(=O)NCCOCCOCC(=O)C(C)C.[HH]. The lowest BCUT2D eigenvalue weighted by Gasteiger charge is -2.08. The third-order valence-electron chi connectivity index (χ3n) is 2.88. The maximum absolute atomic E-state index is 11.5. The molecule has 7 heteroatoms. The maximum Gasteiger partial charge on any atom is 0.222 e. The van der Waals surface area contributed by atoms with Gasteiger partial charge in [-0.3, -0.25) is 9.59 Å². The van der Waals surface area contributed by atoms with Gasteiger partial charge in [0.2, 0.25) is 5.91 Å². The number of ketones is 1. The van der Waals surface area contributed by atoms with Gasteiger partial charge in [-0.25, -0.2) is 0 Å². The van der Waals surface area contributed by atoms with Crippen molar-refractivity contribution in [2.75, 3.05) is 59.4 Å². The van der Waals surface area contributed by atoms with Crippen LogP contribution in [0.2, 0.25) is 0 Å². The number of ether oxygens (including phenoxy) is 4. The van der Waals surface area contributed by atoms with E-state index in [0.29, 0.717) is 59.2 Å². The van der Waals surface area contributed by atoms with Crippen LogP contribution >= 0.6 is 0 Å². The Hall–Kier alpha value is -1.02. The molecule has 0 rings (SSSR count). The van der Waals surface area contributed by atoms with Crippen LogP contribution in [0.25, 0.3) is 0 Å². The highest BCUT2D eigenvalue weighted by molar-refractivity contribution is 5.81. The Morgan fingerprint density at radius 1 is 0.880 bits per heavy atom. The minimum absolute atomic E-state index is 0. The first-order valence-corrected chi connectivity index (χ1v) is 9.18. The molecule has 0 aromatic rings. The molecular formula is C18H39NO6. The molecule has 0 aliphatic rings. The van der Waals surface area contributed by atoms with E-state index in [1.807, 2.05) is 34.6 Å². The first-order valence-electron chi connectivity index (χ1n) is 9.18. The first-order chi connectivity index (χ1) is 12.1. The normalized spacial score (nSPS) is 10.3. The molecule has 1 amide bonds. The van der Waals surface area contributed by atoms with Crippen molar-refractivity contribution in [1.82, 2.24) is 5.32 Å². The molecule has 0 spiro atoms. The van der Waals surface area contributed by atoms with Crippen molar-refractivity contribution in [1.29, 1.82) is 0 Å². The van der Waals surface area contributed by atoms with Gasteiger partial charge in [-0.1, -0.05) is 27.7 Å². The molecule has 0 atom stereocenters. The van der Waals surface area contributed by atoms with E-state index in [0.717, 1.165) is 0 Å². The van der Waals surface area contributed by atoms with Gasteiger partial charge in [-0.2, -0.15) is 0 Å². The van der Waals surface area contributed by atoms with Crippen molar-refractivity contribution in [2.45, 2.75) is 41.0 Å². The van der Waals surface area contributed by atoms with E-state index in [2.05, 4.69) is 5.32 Å². The van der Waals surface area contributed by atoms with Gasteiger partial charge < -0.3 is 24.3 Å². The number of carbonyl (C=O) groups excluding carboxylic acids is 2. The fraction of sp³-hybridized carbons (Fsp3) is 0.889. The number of Topliss-reactive ketones (excluding diaryl/α,β-unsaturated/α-hetero) is 1. The van der Waals surface area contributed by atoms with Crippen LogP contribution in [0.1, 0.15) is 42.5 Å². The second kappa shape index (κ2) is 21.0. The van der Waals surface area contributed by atoms with E-state index in [1.54, 1.807) is 0 Å². The molecule has 0 radical (unpaired) electrons. The van der Waals surface area contributed by atoms with Crippen molar-refractivity contribution >= 4 is 11.7 Å². The summed E-state index contributed by atoms with van der Waals surface area (Å²) in [4.78, 5) is 22.7. The lowest BCUT2D eigenvalue weighted by molar-refractivity contribution is -0.127. The van der Waals surface area contributed by atoms with Crippen LogP contribution in [0.15, 0.2) is 0 Å². The molecule has 0 heterocycles. The van der Waals surface area contributed by atoms with E-state index in [4.69, 9.17) is 18.9 Å². The molecule has 0 bridgehead atoms. The van der Waals surface area contributed by atoms with Crippen LogP contribution in [-0.2, 0) is 28.5 Å². The van der Waals surface area contributed by atoms with E-state index < -0.39 is 0 Å². The summed E-state index contributed by atoms with van der Waals surface area (Å²) in [6.45, 7) is 13.5. The molecule has 25 heavy (non-hydrogen) atoms. The Morgan fingerprint density at radius 3 is 2.04 bits per heavy atom. The second-order valence-corrected chi connectivity index (χ2v) is 5.20. The predicted molar refractivity (Wildman–Crippen MR) is 99.9 cm³/mol. The van der Waals surface area contributed by atoms with Gasteiger partial charge in [0.1, 0.15) is 6.61 Å². The molecule has 0 saturated carbocycles. The van der Waals surface area contributed by atoms with Gasteiger partial charge in [0.25, 0.3) is 0 Å². The van der Waals surface area contributed by atoms with Crippen molar-refractivity contribution in [3.05, 3.63) is 0 Å². The average Bonchev–Trinajstić information content (AvgIpc) is 2.61. The standard InChI is InChI=1S/C16H31NO6.C2H6.H2/c1-4-20-9-10-21-7-5-16(19)17-6-8-22-11-12-23-13-15(18)14(2)3;1-2;/h14H,4-13H2,1-3H3,(H,17,19);1-2H3;1H. The van der Waals surface area contributed by atoms with Crippen molar-refractivity contribution in [3.63, 3.8) is 0 Å². The summed E-state index contributed by atoms with van der Waals surface area (Å²) in [7, 11) is 0. The molecule has 152 valence electrons. The molecule has 0 aromatic carbocycles. The number of carbonyl (C=O) groups is 2. The third kappa shape index (κ3) is 20.9. The summed E-state index contributed by atoms with van der Waals surface area (Å²) >= 11 is 0. The van der Waals surface area contributed by atoms with E-state index in [9.17, 15) is 9.59 Å². The van der Waals surface area contributed by atoms with Gasteiger partial charge in [-0.15, -0.1) is 0 Å². The van der Waals surface area contributed by atoms with Gasteiger partial charge in [-0.05, 0) is 6.92 Å². The molecule has 1 N–H and O–H groups in total. The van der Waals surface area contributed by atoms with Crippen LogP contribution in [0, 0.1) is 5.92 Å². The number of amides is 1. The van der Waals surface area contributed by atoms with Crippen LogP contribution in [0.4, 0.5) is 0 Å². The summed E-state index contributed by atoms with van der Waals surface area (Å²) in [6, 6.07) is 0. The monoisotopic (exact) mass is 365 g/mol. The zero-order valence-corrected chi connectivity index (χ0v) is 16.6. The zero-order valence-electron chi connectivity index (χ0n) is 16.6. The largest absolute Gasteiger partial charge is 0.379 e. The minimum Gasteiger partial charge on any atom is -0.379 e. The Morgan fingerprint density at radius 2 is 1.44 bits per heavy atom. The molecular weight excluding hydrogens is 326 g/mol. The Labute approximate surface area is 154 Å². The van der Waals surface area contributed by atoms with E-state index >= 15 is 0 Å². The summed E-state index contributed by atoms with van der Waals surface area (Å²) in [5.41, 5.74) is 0. The average molecular weight is 366 g/mol. The molecule has 7 nitrogen and oxygen atoms in total. The lowest BCUT2D eigenvalue weighted by Crippen LogP contribution is -2.28. The summed E-state index contributed by atoms with van der Waals surface area (Å²) in [6.07, 6.45) is 0.326. The van der Waals surface area contributed by atoms with Gasteiger partial charge >= 0.3 is 0 Å². The van der Waals surface area contributed by atoms with Crippen molar-refractivity contribution in [3.8, 4) is 0 Å². The zero-order chi connectivity index (χ0) is 19.3. The summed E-state index contributed by atoms with van der Waals surface area (Å²) in [5, 5.41) is 2.74. The van der Waals surface area contributed by atoms with Crippen molar-refractivity contribution < 1.29 is 30.0 Å². The highest BCUT2D eigenvalue weighted by Crippen LogP contribution is 1.94. The molecule has 0 aliphatic heterocycles. The number of hydrogen-bond donors (Lipinski definition) is 1. The highest BCUT2D eigenvalue weighted by Gasteiger charge is 2.06. The van der Waals surface area contributed by atoms with E-state index in [-0.39, 0.29) is 25.6 Å². The topological polar surface area (TPSA) is 83.1 Å².